The third-order valence-corrected chi connectivity index (χ3v) is 5.91. The van der Waals surface area contributed by atoms with Crippen molar-refractivity contribution >= 4 is 33.7 Å². The SMILES string of the molecule is CCN(CCC#N)c1ccc(N=Nc2sc(-c3ccccc3)cc2C(=O)OC)c(C)c1. The van der Waals surface area contributed by atoms with Gasteiger partial charge in [0.1, 0.15) is 0 Å². The summed E-state index contributed by atoms with van der Waals surface area (Å²) in [6.45, 7) is 5.55. The van der Waals surface area contributed by atoms with Crippen molar-refractivity contribution in [2.24, 2.45) is 10.2 Å². The third-order valence-electron chi connectivity index (χ3n) is 4.85. The highest BCUT2D eigenvalue weighted by atomic mass is 32.1. The van der Waals surface area contributed by atoms with Crippen LogP contribution in [-0.2, 0) is 4.74 Å². The van der Waals surface area contributed by atoms with Gasteiger partial charge in [0.2, 0.25) is 0 Å². The number of thiophene rings is 1. The lowest BCUT2D eigenvalue weighted by Gasteiger charge is -2.22. The maximum atomic E-state index is 12.3. The number of benzene rings is 2. The maximum absolute atomic E-state index is 12.3. The summed E-state index contributed by atoms with van der Waals surface area (Å²) >= 11 is 1.40. The van der Waals surface area contributed by atoms with E-state index in [-0.39, 0.29) is 0 Å². The number of aryl methyl sites for hydroxylation is 1. The summed E-state index contributed by atoms with van der Waals surface area (Å²) in [5, 5.41) is 18.2. The number of methoxy groups -OCH3 is 1. The molecular weight excluding hydrogens is 408 g/mol. The number of anilines is 1. The van der Waals surface area contributed by atoms with Crippen LogP contribution in [-0.4, -0.2) is 26.2 Å². The van der Waals surface area contributed by atoms with Crippen molar-refractivity contribution in [1.82, 2.24) is 0 Å². The molecule has 0 unspecified atom stereocenters. The Morgan fingerprint density at radius 2 is 1.94 bits per heavy atom. The van der Waals surface area contributed by atoms with E-state index in [9.17, 15) is 4.79 Å². The first-order chi connectivity index (χ1) is 15.1. The van der Waals surface area contributed by atoms with Crippen LogP contribution in [0.3, 0.4) is 0 Å². The van der Waals surface area contributed by atoms with Crippen LogP contribution in [0.2, 0.25) is 0 Å². The average molecular weight is 433 g/mol. The third kappa shape index (κ3) is 5.36. The Hall–Kier alpha value is -3.50. The van der Waals surface area contributed by atoms with Crippen molar-refractivity contribution in [2.45, 2.75) is 20.3 Å². The van der Waals surface area contributed by atoms with Crippen LogP contribution in [0.5, 0.6) is 0 Å². The highest BCUT2D eigenvalue weighted by Crippen LogP contribution is 2.39. The topological polar surface area (TPSA) is 78.0 Å². The molecule has 0 N–H and O–H groups in total. The van der Waals surface area contributed by atoms with E-state index < -0.39 is 5.97 Å². The van der Waals surface area contributed by atoms with Gasteiger partial charge in [0.05, 0.1) is 30.9 Å². The van der Waals surface area contributed by atoms with Crippen molar-refractivity contribution in [3.05, 3.63) is 65.7 Å². The molecule has 0 radical (unpaired) electrons. The highest BCUT2D eigenvalue weighted by molar-refractivity contribution is 7.19. The fraction of sp³-hybridized carbons (Fsp3) is 0.250. The van der Waals surface area contributed by atoms with Gasteiger partial charge in [-0.15, -0.1) is 21.6 Å². The van der Waals surface area contributed by atoms with Gasteiger partial charge >= 0.3 is 5.97 Å². The van der Waals surface area contributed by atoms with Gasteiger partial charge in [0.15, 0.2) is 5.00 Å². The van der Waals surface area contributed by atoms with E-state index in [1.807, 2.05) is 55.5 Å². The normalized spacial score (nSPS) is 10.8. The molecule has 0 aliphatic carbocycles. The molecule has 6 nitrogen and oxygen atoms in total. The largest absolute Gasteiger partial charge is 0.465 e. The molecule has 2 aromatic carbocycles. The molecule has 31 heavy (non-hydrogen) atoms. The summed E-state index contributed by atoms with van der Waals surface area (Å²) in [4.78, 5) is 15.3. The van der Waals surface area contributed by atoms with Gasteiger partial charge in [-0.05, 0) is 49.2 Å². The Balaban J connectivity index is 1.89. The van der Waals surface area contributed by atoms with E-state index in [1.165, 1.54) is 18.4 Å². The molecule has 0 amide bonds. The predicted molar refractivity (Wildman–Crippen MR) is 125 cm³/mol. The number of nitrogens with zero attached hydrogens (tertiary/aromatic N) is 4. The van der Waals surface area contributed by atoms with E-state index in [2.05, 4.69) is 28.1 Å². The number of hydrogen-bond acceptors (Lipinski definition) is 7. The molecular formula is C24H24N4O2S. The minimum atomic E-state index is -0.435. The van der Waals surface area contributed by atoms with E-state index >= 15 is 0 Å². The molecule has 0 atom stereocenters. The van der Waals surface area contributed by atoms with Crippen molar-refractivity contribution in [3.8, 4) is 16.5 Å². The Labute approximate surface area is 186 Å². The summed E-state index contributed by atoms with van der Waals surface area (Å²) in [5.41, 5.74) is 4.16. The lowest BCUT2D eigenvalue weighted by molar-refractivity contribution is 0.0602. The first kappa shape index (κ1) is 22.2. The summed E-state index contributed by atoms with van der Waals surface area (Å²) in [5.74, 6) is -0.435. The van der Waals surface area contributed by atoms with Crippen LogP contribution < -0.4 is 4.90 Å². The summed E-state index contributed by atoms with van der Waals surface area (Å²) in [6.07, 6.45) is 0.479. The van der Waals surface area contributed by atoms with E-state index in [1.54, 1.807) is 6.07 Å². The van der Waals surface area contributed by atoms with Gasteiger partial charge < -0.3 is 9.64 Å². The fourth-order valence-electron chi connectivity index (χ4n) is 3.16. The van der Waals surface area contributed by atoms with Crippen LogP contribution in [0.4, 0.5) is 16.4 Å². The Morgan fingerprint density at radius 1 is 1.16 bits per heavy atom. The van der Waals surface area contributed by atoms with Crippen LogP contribution in [0.15, 0.2) is 64.8 Å². The number of ether oxygens (including phenoxy) is 1. The lowest BCUT2D eigenvalue weighted by Crippen LogP contribution is -2.23. The Bertz CT molecular complexity index is 1120. The first-order valence-electron chi connectivity index (χ1n) is 9.99. The summed E-state index contributed by atoms with van der Waals surface area (Å²) in [7, 11) is 1.36. The first-order valence-corrected chi connectivity index (χ1v) is 10.8. The number of nitriles is 1. The van der Waals surface area contributed by atoms with E-state index in [0.29, 0.717) is 23.5 Å². The molecule has 0 spiro atoms. The van der Waals surface area contributed by atoms with Crippen LogP contribution >= 0.6 is 11.3 Å². The van der Waals surface area contributed by atoms with Gasteiger partial charge in [0.25, 0.3) is 0 Å². The van der Waals surface area contributed by atoms with Crippen molar-refractivity contribution in [3.63, 3.8) is 0 Å². The standard InChI is InChI=1S/C24H24N4O2S/c1-4-28(14-8-13-25)19-11-12-21(17(2)15-19)26-27-23-20(24(29)30-3)16-22(31-23)18-9-6-5-7-10-18/h5-7,9-12,15-16H,4,8,14H2,1-3H3. The Morgan fingerprint density at radius 3 is 2.58 bits per heavy atom. The molecule has 0 aliphatic heterocycles. The minimum Gasteiger partial charge on any atom is -0.465 e. The van der Waals surface area contributed by atoms with Crippen LogP contribution in [0, 0.1) is 18.3 Å². The molecule has 0 aliphatic rings. The number of rotatable bonds is 8. The van der Waals surface area contributed by atoms with Crippen molar-refractivity contribution in [1.29, 1.82) is 5.26 Å². The molecule has 0 saturated carbocycles. The van der Waals surface area contributed by atoms with Crippen molar-refractivity contribution < 1.29 is 9.53 Å². The van der Waals surface area contributed by atoms with Gasteiger partial charge in [-0.2, -0.15) is 5.26 Å². The summed E-state index contributed by atoms with van der Waals surface area (Å²) in [6, 6.07) is 19.7. The zero-order valence-corrected chi connectivity index (χ0v) is 18.6. The van der Waals surface area contributed by atoms with E-state index in [4.69, 9.17) is 10.00 Å². The second-order valence-electron chi connectivity index (χ2n) is 6.85. The maximum Gasteiger partial charge on any atom is 0.341 e. The number of esters is 1. The predicted octanol–water partition coefficient (Wildman–Crippen LogP) is 6.67. The van der Waals surface area contributed by atoms with E-state index in [0.717, 1.165) is 33.9 Å². The number of azo groups is 1. The lowest BCUT2D eigenvalue weighted by atomic mass is 10.1. The number of hydrogen-bond donors (Lipinski definition) is 0. The molecule has 0 bridgehead atoms. The van der Waals surface area contributed by atoms with Crippen LogP contribution in [0.25, 0.3) is 10.4 Å². The smallest absolute Gasteiger partial charge is 0.341 e. The molecule has 0 saturated heterocycles. The van der Waals surface area contributed by atoms with Gasteiger partial charge in [-0.3, -0.25) is 0 Å². The summed E-state index contributed by atoms with van der Waals surface area (Å²) < 4.78 is 4.93. The quantitative estimate of drug-likeness (QED) is 0.294. The zero-order chi connectivity index (χ0) is 22.2. The molecule has 1 aromatic heterocycles. The number of carbonyl (C=O) groups is 1. The van der Waals surface area contributed by atoms with Crippen LogP contribution in [0.1, 0.15) is 29.3 Å². The zero-order valence-electron chi connectivity index (χ0n) is 17.8. The molecule has 1 heterocycles. The molecule has 0 fully saturated rings. The molecule has 158 valence electrons. The molecule has 3 rings (SSSR count). The van der Waals surface area contributed by atoms with Crippen molar-refractivity contribution in [2.75, 3.05) is 25.1 Å². The highest BCUT2D eigenvalue weighted by Gasteiger charge is 2.18. The Kier molecular flexibility index (Phi) is 7.52. The second-order valence-corrected chi connectivity index (χ2v) is 7.88. The van der Waals surface area contributed by atoms with Gasteiger partial charge in [0, 0.05) is 23.7 Å². The average Bonchev–Trinajstić information content (AvgIpc) is 3.23. The molecule has 7 heteroatoms. The second kappa shape index (κ2) is 10.5. The molecule has 3 aromatic rings. The van der Waals surface area contributed by atoms with Gasteiger partial charge in [-0.1, -0.05) is 30.3 Å². The monoisotopic (exact) mass is 432 g/mol. The number of carbonyl (C=O) groups excluding carboxylic acids is 1. The fourth-order valence-corrected chi connectivity index (χ4v) is 4.13. The minimum absolute atomic E-state index is 0.401. The van der Waals surface area contributed by atoms with Gasteiger partial charge in [-0.25, -0.2) is 4.79 Å².